The zero-order valence-electron chi connectivity index (χ0n) is 27.1. The van der Waals surface area contributed by atoms with Crippen molar-refractivity contribution >= 4 is 40.9 Å². The van der Waals surface area contributed by atoms with Gasteiger partial charge in [-0.15, -0.1) is 11.3 Å². The van der Waals surface area contributed by atoms with Crippen LogP contribution in [0.5, 0.6) is 5.75 Å². The number of imide groups is 1. The molecule has 4 atom stereocenters. The number of hydrogen-bond acceptors (Lipinski definition) is 9. The van der Waals surface area contributed by atoms with Crippen LogP contribution in [0.2, 0.25) is 0 Å². The van der Waals surface area contributed by atoms with Gasteiger partial charge in [0.05, 0.1) is 48.6 Å². The highest BCUT2D eigenvalue weighted by Crippen LogP contribution is 2.42. The average molecular weight is 686 g/mol. The van der Waals surface area contributed by atoms with Gasteiger partial charge in [-0.2, -0.15) is 0 Å². The molecule has 1 aliphatic carbocycles. The van der Waals surface area contributed by atoms with Crippen LogP contribution in [0.3, 0.4) is 0 Å². The van der Waals surface area contributed by atoms with E-state index >= 15 is 0 Å². The smallest absolute Gasteiger partial charge is 0.265 e. The van der Waals surface area contributed by atoms with E-state index in [4.69, 9.17) is 4.74 Å². The summed E-state index contributed by atoms with van der Waals surface area (Å²) in [5.74, 6) is -1.91. The minimum Gasteiger partial charge on any atom is -0.488 e. The summed E-state index contributed by atoms with van der Waals surface area (Å²) < 4.78 is 6.64. The number of benzene rings is 2. The summed E-state index contributed by atoms with van der Waals surface area (Å²) in [4.78, 5) is 77.4. The molecule has 4 aliphatic rings. The maximum atomic E-state index is 14.6. The number of carbonyl (C=O) groups is 5. The second kappa shape index (κ2) is 14.1. The van der Waals surface area contributed by atoms with Crippen LogP contribution in [0.4, 0.5) is 0 Å². The zero-order chi connectivity index (χ0) is 34.1. The van der Waals surface area contributed by atoms with Crippen LogP contribution in [0.25, 0.3) is 0 Å². The molecule has 13 heteroatoms. The Balaban J connectivity index is 1.20. The molecule has 0 bridgehead atoms. The third-order valence-corrected chi connectivity index (χ3v) is 11.0. The van der Waals surface area contributed by atoms with E-state index in [2.05, 4.69) is 10.3 Å². The topological polar surface area (TPSA) is 149 Å². The number of aromatic nitrogens is 1. The Bertz CT molecular complexity index is 1730. The van der Waals surface area contributed by atoms with E-state index < -0.39 is 29.7 Å². The predicted molar refractivity (Wildman–Crippen MR) is 179 cm³/mol. The minimum atomic E-state index is -0.714. The highest BCUT2D eigenvalue weighted by Gasteiger charge is 2.45. The third-order valence-electron chi connectivity index (χ3n) is 10.2. The van der Waals surface area contributed by atoms with Gasteiger partial charge in [0.25, 0.3) is 17.7 Å². The molecule has 2 N–H and O–H groups in total. The molecule has 3 aromatic rings. The molecule has 2 unspecified atom stereocenters. The van der Waals surface area contributed by atoms with Gasteiger partial charge in [-0.1, -0.05) is 37.1 Å². The van der Waals surface area contributed by atoms with Crippen molar-refractivity contribution in [2.75, 3.05) is 39.3 Å². The quantitative estimate of drug-likeness (QED) is 0.327. The lowest BCUT2D eigenvalue weighted by Crippen LogP contribution is -2.51. The van der Waals surface area contributed by atoms with E-state index in [-0.39, 0.29) is 43.5 Å². The first-order valence-corrected chi connectivity index (χ1v) is 17.8. The van der Waals surface area contributed by atoms with Crippen molar-refractivity contribution in [3.63, 3.8) is 0 Å². The Morgan fingerprint density at radius 1 is 0.959 bits per heavy atom. The number of nitrogens with one attached hydrogen (secondary N) is 1. The molecule has 0 spiro atoms. The lowest BCUT2D eigenvalue weighted by molar-refractivity contribution is -0.146. The fourth-order valence-electron chi connectivity index (χ4n) is 7.80. The Kier molecular flexibility index (Phi) is 9.46. The Hall–Kier alpha value is -4.62. The number of likely N-dealkylation sites (tertiary alicyclic amines) is 1. The number of rotatable bonds is 9. The molecule has 1 saturated carbocycles. The van der Waals surface area contributed by atoms with Crippen molar-refractivity contribution in [3.8, 4) is 5.75 Å². The van der Waals surface area contributed by atoms with Crippen LogP contribution in [0.1, 0.15) is 79.7 Å². The molecule has 2 aromatic carbocycles. The number of carbonyl (C=O) groups excluding carboxylic acids is 5. The SMILES string of the molecule is O=C(NCCO)[C@@H]1CCCCC1C(=O)N1CCc2cccc(OC3CCN(C(=O)c4cncs4)C3)c2[C@H]1CN1C(=O)c2ccccc2C1=O. The van der Waals surface area contributed by atoms with Gasteiger partial charge in [0, 0.05) is 43.5 Å². The first-order valence-electron chi connectivity index (χ1n) is 17.0. The summed E-state index contributed by atoms with van der Waals surface area (Å²) in [7, 11) is 0. The molecule has 7 rings (SSSR count). The van der Waals surface area contributed by atoms with Crippen LogP contribution >= 0.6 is 11.3 Å². The van der Waals surface area contributed by atoms with Crippen LogP contribution in [0.15, 0.2) is 54.2 Å². The lowest BCUT2D eigenvalue weighted by atomic mass is 9.77. The molecule has 1 aromatic heterocycles. The van der Waals surface area contributed by atoms with Gasteiger partial charge in [-0.05, 0) is 43.0 Å². The highest BCUT2D eigenvalue weighted by atomic mass is 32.1. The number of aliphatic hydroxyl groups excluding tert-OH is 1. The molecule has 2 fully saturated rings. The van der Waals surface area contributed by atoms with Crippen molar-refractivity contribution in [3.05, 3.63) is 81.3 Å². The monoisotopic (exact) mass is 685 g/mol. The number of hydrogen-bond donors (Lipinski definition) is 2. The summed E-state index contributed by atoms with van der Waals surface area (Å²) >= 11 is 1.30. The number of aliphatic hydroxyl groups is 1. The van der Waals surface area contributed by atoms with Gasteiger partial charge < -0.3 is 25.0 Å². The Morgan fingerprint density at radius 3 is 2.43 bits per heavy atom. The average Bonchev–Trinajstić information content (AvgIpc) is 3.89. The fraction of sp³-hybridized carbons (Fsp3) is 0.444. The molecular formula is C36H39N5O7S. The second-order valence-corrected chi connectivity index (χ2v) is 13.9. The van der Waals surface area contributed by atoms with Crippen molar-refractivity contribution in [1.29, 1.82) is 0 Å². The number of thiazole rings is 1. The summed E-state index contributed by atoms with van der Waals surface area (Å²) in [6.45, 7) is 1.12. The number of ether oxygens (including phenoxy) is 1. The maximum Gasteiger partial charge on any atom is 0.265 e. The van der Waals surface area contributed by atoms with E-state index in [1.165, 1.54) is 16.2 Å². The molecule has 12 nitrogen and oxygen atoms in total. The predicted octanol–water partition coefficient (Wildman–Crippen LogP) is 3.07. The van der Waals surface area contributed by atoms with Crippen molar-refractivity contribution in [2.24, 2.45) is 11.8 Å². The molecule has 49 heavy (non-hydrogen) atoms. The Morgan fingerprint density at radius 2 is 1.71 bits per heavy atom. The lowest BCUT2D eigenvalue weighted by Gasteiger charge is -2.43. The van der Waals surface area contributed by atoms with Crippen LogP contribution in [-0.4, -0.2) is 99.8 Å². The van der Waals surface area contributed by atoms with E-state index in [0.29, 0.717) is 67.1 Å². The van der Waals surface area contributed by atoms with Crippen LogP contribution in [0, 0.1) is 11.8 Å². The molecule has 4 heterocycles. The van der Waals surface area contributed by atoms with Crippen LogP contribution in [-0.2, 0) is 16.0 Å². The van der Waals surface area contributed by atoms with Crippen molar-refractivity contribution in [1.82, 2.24) is 25.0 Å². The van der Waals surface area contributed by atoms with Gasteiger partial charge in [0.2, 0.25) is 11.8 Å². The largest absolute Gasteiger partial charge is 0.488 e. The summed E-state index contributed by atoms with van der Waals surface area (Å²) in [5.41, 5.74) is 3.99. The summed E-state index contributed by atoms with van der Waals surface area (Å²) in [6.07, 6.45) is 5.16. The second-order valence-electron chi connectivity index (χ2n) is 13.1. The van der Waals surface area contributed by atoms with Gasteiger partial charge in [-0.3, -0.25) is 33.9 Å². The molecule has 0 radical (unpaired) electrons. The van der Waals surface area contributed by atoms with Gasteiger partial charge in [-0.25, -0.2) is 0 Å². The summed E-state index contributed by atoms with van der Waals surface area (Å²) in [5, 5.41) is 12.1. The third kappa shape index (κ3) is 6.32. The Labute approximate surface area is 288 Å². The molecule has 3 aliphatic heterocycles. The van der Waals surface area contributed by atoms with Crippen LogP contribution < -0.4 is 10.1 Å². The van der Waals surface area contributed by atoms with E-state index in [9.17, 15) is 29.1 Å². The molecule has 5 amide bonds. The van der Waals surface area contributed by atoms with E-state index in [0.717, 1.165) is 24.0 Å². The van der Waals surface area contributed by atoms with Gasteiger partial charge >= 0.3 is 0 Å². The molecule has 256 valence electrons. The molecular weight excluding hydrogens is 646 g/mol. The van der Waals surface area contributed by atoms with Crippen molar-refractivity contribution in [2.45, 2.75) is 50.7 Å². The molecule has 1 saturated heterocycles. The van der Waals surface area contributed by atoms with E-state index in [1.54, 1.807) is 45.8 Å². The standard InChI is InChI=1S/C36H39N5O7S/c42-17-14-38-32(43)24-7-1-2-8-25(24)33(44)40-16-12-22-6-5-11-29(48-23-13-15-39(19-23)36(47)30-18-37-21-49-30)31(22)28(40)20-41-34(45)26-9-3-4-10-27(26)35(41)46/h3-6,9-11,18,21,23-25,28,42H,1-2,7-8,12-17,19-20H2,(H,38,43)/t23?,24-,25?,28-/m1/s1. The minimum absolute atomic E-state index is 0.0692. The number of fused-ring (bicyclic) bond motifs is 2. The summed E-state index contributed by atoms with van der Waals surface area (Å²) in [6, 6.07) is 11.7. The van der Waals surface area contributed by atoms with E-state index in [1.807, 2.05) is 18.2 Å². The maximum absolute atomic E-state index is 14.6. The van der Waals surface area contributed by atoms with Gasteiger partial charge in [0.1, 0.15) is 16.7 Å². The van der Waals surface area contributed by atoms with Gasteiger partial charge in [0.15, 0.2) is 0 Å². The zero-order valence-corrected chi connectivity index (χ0v) is 27.9. The normalized spacial score (nSPS) is 23.3. The number of nitrogens with zero attached hydrogens (tertiary/aromatic N) is 4. The van der Waals surface area contributed by atoms with Crippen molar-refractivity contribution < 1.29 is 33.8 Å². The number of amides is 5. The fourth-order valence-corrected chi connectivity index (χ4v) is 8.39. The highest BCUT2D eigenvalue weighted by molar-refractivity contribution is 7.11. The first-order chi connectivity index (χ1) is 23.9. The first kappa shape index (κ1) is 32.9.